The Morgan fingerprint density at radius 1 is 1.14 bits per heavy atom. The van der Waals surface area contributed by atoms with Crippen LogP contribution in [0.15, 0.2) is 42.5 Å². The highest BCUT2D eigenvalue weighted by molar-refractivity contribution is 5.58. The fourth-order valence-electron chi connectivity index (χ4n) is 2.11. The Balaban J connectivity index is 2.18. The molecule has 0 heterocycles. The minimum absolute atomic E-state index is 0.0266. The van der Waals surface area contributed by atoms with Gasteiger partial charge < -0.3 is 10.2 Å². The zero-order valence-corrected chi connectivity index (χ0v) is 12.4. The van der Waals surface area contributed by atoms with E-state index in [0.717, 1.165) is 11.3 Å². The lowest BCUT2D eigenvalue weighted by molar-refractivity contribution is 0.627. The molecule has 0 saturated heterocycles. The van der Waals surface area contributed by atoms with Crippen LogP contribution in [0.4, 0.5) is 15.8 Å². The highest BCUT2D eigenvalue weighted by Gasteiger charge is 2.09. The highest BCUT2D eigenvalue weighted by atomic mass is 19.1. The molecule has 108 valence electrons. The number of nitrogens with one attached hydrogen (secondary N) is 1. The number of benzene rings is 2. The van der Waals surface area contributed by atoms with Crippen LogP contribution in [0, 0.1) is 17.1 Å². The maximum atomic E-state index is 13.1. The number of nitriles is 1. The summed E-state index contributed by atoms with van der Waals surface area (Å²) in [6.07, 6.45) is 0. The summed E-state index contributed by atoms with van der Waals surface area (Å²) >= 11 is 0. The number of nitrogens with zero attached hydrogens (tertiary/aromatic N) is 2. The minimum atomic E-state index is -0.403. The Kier molecular flexibility index (Phi) is 4.44. The smallest absolute Gasteiger partial charge is 0.124 e. The maximum absolute atomic E-state index is 13.1. The topological polar surface area (TPSA) is 39.1 Å². The molecule has 2 aromatic rings. The second-order valence-electron chi connectivity index (χ2n) is 5.15. The van der Waals surface area contributed by atoms with Gasteiger partial charge in [0, 0.05) is 25.8 Å². The minimum Gasteiger partial charge on any atom is -0.378 e. The summed E-state index contributed by atoms with van der Waals surface area (Å²) in [4.78, 5) is 2.04. The van der Waals surface area contributed by atoms with Crippen LogP contribution in [0.25, 0.3) is 0 Å². The van der Waals surface area contributed by atoms with Gasteiger partial charge in [0.25, 0.3) is 0 Å². The first-order chi connectivity index (χ1) is 10.0. The van der Waals surface area contributed by atoms with Crippen molar-refractivity contribution in [2.75, 3.05) is 24.3 Å². The third-order valence-corrected chi connectivity index (χ3v) is 3.38. The predicted molar refractivity (Wildman–Crippen MR) is 83.9 cm³/mol. The summed E-state index contributed by atoms with van der Waals surface area (Å²) in [5, 5.41) is 12.3. The summed E-state index contributed by atoms with van der Waals surface area (Å²) in [5.41, 5.74) is 3.19. The van der Waals surface area contributed by atoms with Crippen LogP contribution in [-0.4, -0.2) is 14.1 Å². The van der Waals surface area contributed by atoms with Crippen molar-refractivity contribution < 1.29 is 4.39 Å². The standard InChI is InChI=1S/C17H18FN3/c1-12(13-4-7-16(8-5-13)21(2)3)20-17-9-6-15(18)10-14(17)11-19/h4-10,12,20H,1-3H3. The molecule has 0 bridgehead atoms. The molecule has 0 amide bonds. The second-order valence-corrected chi connectivity index (χ2v) is 5.15. The molecule has 0 aliphatic rings. The van der Waals surface area contributed by atoms with E-state index in [4.69, 9.17) is 5.26 Å². The fraction of sp³-hybridized carbons (Fsp3) is 0.235. The first-order valence-corrected chi connectivity index (χ1v) is 6.74. The second kappa shape index (κ2) is 6.27. The summed E-state index contributed by atoms with van der Waals surface area (Å²) in [7, 11) is 3.99. The number of hydrogen-bond donors (Lipinski definition) is 1. The lowest BCUT2D eigenvalue weighted by Crippen LogP contribution is -2.10. The molecule has 0 saturated carbocycles. The third kappa shape index (κ3) is 3.51. The van der Waals surface area contributed by atoms with Crippen molar-refractivity contribution in [2.24, 2.45) is 0 Å². The normalized spacial score (nSPS) is 11.6. The Morgan fingerprint density at radius 2 is 1.81 bits per heavy atom. The molecule has 21 heavy (non-hydrogen) atoms. The molecule has 1 unspecified atom stereocenters. The average Bonchev–Trinajstić information content (AvgIpc) is 2.49. The van der Waals surface area contributed by atoms with Gasteiger partial charge in [0.05, 0.1) is 11.3 Å². The van der Waals surface area contributed by atoms with Gasteiger partial charge in [-0.3, -0.25) is 0 Å². The van der Waals surface area contributed by atoms with Crippen molar-refractivity contribution in [1.82, 2.24) is 0 Å². The van der Waals surface area contributed by atoms with Gasteiger partial charge in [0.15, 0.2) is 0 Å². The lowest BCUT2D eigenvalue weighted by atomic mass is 10.1. The van der Waals surface area contributed by atoms with Crippen LogP contribution in [-0.2, 0) is 0 Å². The van der Waals surface area contributed by atoms with Gasteiger partial charge in [-0.15, -0.1) is 0 Å². The van der Waals surface area contributed by atoms with E-state index in [2.05, 4.69) is 5.32 Å². The number of hydrogen-bond acceptors (Lipinski definition) is 3. The van der Waals surface area contributed by atoms with Crippen molar-refractivity contribution in [2.45, 2.75) is 13.0 Å². The number of halogens is 1. The summed E-state index contributed by atoms with van der Waals surface area (Å²) in [6.45, 7) is 2.01. The molecular weight excluding hydrogens is 265 g/mol. The molecule has 0 spiro atoms. The van der Waals surface area contributed by atoms with Crippen LogP contribution >= 0.6 is 0 Å². The molecule has 0 aromatic heterocycles. The Hall–Kier alpha value is -2.54. The maximum Gasteiger partial charge on any atom is 0.124 e. The molecular formula is C17H18FN3. The van der Waals surface area contributed by atoms with E-state index in [9.17, 15) is 4.39 Å². The van der Waals surface area contributed by atoms with E-state index in [-0.39, 0.29) is 6.04 Å². The highest BCUT2D eigenvalue weighted by Crippen LogP contribution is 2.24. The van der Waals surface area contributed by atoms with Crippen LogP contribution < -0.4 is 10.2 Å². The first-order valence-electron chi connectivity index (χ1n) is 6.74. The molecule has 1 N–H and O–H groups in total. The molecule has 3 nitrogen and oxygen atoms in total. The Bertz CT molecular complexity index is 657. The predicted octanol–water partition coefficient (Wildman–Crippen LogP) is 3.94. The molecule has 0 fully saturated rings. The largest absolute Gasteiger partial charge is 0.378 e. The van der Waals surface area contributed by atoms with E-state index in [1.54, 1.807) is 6.07 Å². The van der Waals surface area contributed by atoms with E-state index in [1.165, 1.54) is 12.1 Å². The van der Waals surface area contributed by atoms with E-state index in [1.807, 2.05) is 56.3 Å². The average molecular weight is 283 g/mol. The van der Waals surface area contributed by atoms with Gasteiger partial charge in [0.2, 0.25) is 0 Å². The van der Waals surface area contributed by atoms with E-state index in [0.29, 0.717) is 11.3 Å². The van der Waals surface area contributed by atoms with Crippen LogP contribution in [0.3, 0.4) is 0 Å². The van der Waals surface area contributed by atoms with Crippen molar-refractivity contribution in [3.05, 3.63) is 59.4 Å². The SMILES string of the molecule is CC(Nc1ccc(F)cc1C#N)c1ccc(N(C)C)cc1. The summed E-state index contributed by atoms with van der Waals surface area (Å²) in [6, 6.07) is 14.4. The quantitative estimate of drug-likeness (QED) is 0.923. The van der Waals surface area contributed by atoms with Gasteiger partial charge in [-0.1, -0.05) is 12.1 Å². The van der Waals surface area contributed by atoms with Gasteiger partial charge in [-0.05, 0) is 42.8 Å². The van der Waals surface area contributed by atoms with Crippen molar-refractivity contribution in [3.63, 3.8) is 0 Å². The molecule has 1 atom stereocenters. The van der Waals surface area contributed by atoms with Gasteiger partial charge in [0.1, 0.15) is 11.9 Å². The Morgan fingerprint density at radius 3 is 2.38 bits per heavy atom. The van der Waals surface area contributed by atoms with Crippen molar-refractivity contribution in [1.29, 1.82) is 5.26 Å². The van der Waals surface area contributed by atoms with Crippen molar-refractivity contribution >= 4 is 11.4 Å². The zero-order chi connectivity index (χ0) is 15.4. The molecule has 2 rings (SSSR count). The third-order valence-electron chi connectivity index (χ3n) is 3.38. The number of anilines is 2. The van der Waals surface area contributed by atoms with E-state index < -0.39 is 5.82 Å². The van der Waals surface area contributed by atoms with E-state index >= 15 is 0 Å². The molecule has 4 heteroatoms. The monoisotopic (exact) mass is 283 g/mol. The van der Waals surface area contributed by atoms with Crippen LogP contribution in [0.2, 0.25) is 0 Å². The molecule has 0 radical (unpaired) electrons. The molecule has 2 aromatic carbocycles. The summed E-state index contributed by atoms with van der Waals surface area (Å²) in [5.74, 6) is -0.403. The van der Waals surface area contributed by atoms with Crippen LogP contribution in [0.1, 0.15) is 24.1 Å². The van der Waals surface area contributed by atoms with Crippen LogP contribution in [0.5, 0.6) is 0 Å². The number of rotatable bonds is 4. The lowest BCUT2D eigenvalue weighted by Gasteiger charge is -2.18. The first kappa shape index (κ1) is 14.9. The fourth-order valence-corrected chi connectivity index (χ4v) is 2.11. The van der Waals surface area contributed by atoms with Crippen molar-refractivity contribution in [3.8, 4) is 6.07 Å². The summed E-state index contributed by atoms with van der Waals surface area (Å²) < 4.78 is 13.1. The zero-order valence-electron chi connectivity index (χ0n) is 12.4. The molecule has 0 aliphatic heterocycles. The Labute approximate surface area is 124 Å². The van der Waals surface area contributed by atoms with Gasteiger partial charge in [-0.2, -0.15) is 5.26 Å². The van der Waals surface area contributed by atoms with Gasteiger partial charge >= 0.3 is 0 Å². The molecule has 0 aliphatic carbocycles. The van der Waals surface area contributed by atoms with Gasteiger partial charge in [-0.25, -0.2) is 4.39 Å².